The zero-order valence-electron chi connectivity index (χ0n) is 6.05. The topological polar surface area (TPSA) is 105 Å². The lowest BCUT2D eigenvalue weighted by Crippen LogP contribution is -2.18. The van der Waals surface area contributed by atoms with E-state index in [1.807, 2.05) is 0 Å². The number of ether oxygens (including phenoxy) is 1. The molecule has 0 fully saturated rings. The molecule has 1 rings (SSSR count). The number of nitrogens with two attached hydrogens (primary N) is 1. The Morgan fingerprint density at radius 1 is 1.67 bits per heavy atom. The summed E-state index contributed by atoms with van der Waals surface area (Å²) in [5, 5.41) is 7.82. The van der Waals surface area contributed by atoms with Crippen molar-refractivity contribution in [2.45, 2.75) is 0 Å². The smallest absolute Gasteiger partial charge is 0.382 e. The number of nitrogens with zero attached hydrogens (tertiary/aromatic N) is 1. The van der Waals surface area contributed by atoms with Crippen LogP contribution in [0.15, 0.2) is 10.6 Å². The van der Waals surface area contributed by atoms with Crippen molar-refractivity contribution in [3.63, 3.8) is 0 Å². The largest absolute Gasteiger partial charge is 0.479 e. The predicted molar refractivity (Wildman–Crippen MR) is 36.8 cm³/mol. The van der Waals surface area contributed by atoms with Crippen LogP contribution >= 0.6 is 0 Å². The van der Waals surface area contributed by atoms with Crippen LogP contribution in [-0.4, -0.2) is 20.7 Å². The SMILES string of the molecule is COc1cc(OS(N)(=O)=O)on1. The van der Waals surface area contributed by atoms with Gasteiger partial charge in [-0.25, -0.2) is 0 Å². The minimum atomic E-state index is -4.06. The fourth-order valence-corrected chi connectivity index (χ4v) is 0.801. The fraction of sp³-hybridized carbons (Fsp3) is 0.250. The zero-order valence-corrected chi connectivity index (χ0v) is 6.87. The first-order valence-corrected chi connectivity index (χ1v) is 4.21. The lowest BCUT2D eigenvalue weighted by molar-refractivity contribution is 0.296. The first-order chi connectivity index (χ1) is 5.51. The van der Waals surface area contributed by atoms with Gasteiger partial charge in [-0.05, 0) is 5.16 Å². The molecule has 1 aromatic heterocycles. The quantitative estimate of drug-likeness (QED) is 0.679. The maximum absolute atomic E-state index is 10.3. The minimum absolute atomic E-state index is 0.105. The molecule has 0 bridgehead atoms. The van der Waals surface area contributed by atoms with Crippen LogP contribution in [0.1, 0.15) is 0 Å². The van der Waals surface area contributed by atoms with Gasteiger partial charge in [-0.1, -0.05) is 0 Å². The maximum Gasteiger partial charge on any atom is 0.382 e. The van der Waals surface area contributed by atoms with Crippen molar-refractivity contribution in [1.29, 1.82) is 0 Å². The summed E-state index contributed by atoms with van der Waals surface area (Å²) in [6.07, 6.45) is 0. The molecule has 1 aromatic rings. The second kappa shape index (κ2) is 2.99. The average molecular weight is 194 g/mol. The van der Waals surface area contributed by atoms with Gasteiger partial charge in [-0.15, -0.1) is 0 Å². The maximum atomic E-state index is 10.3. The summed E-state index contributed by atoms with van der Waals surface area (Å²) in [5.74, 6) is -0.233. The van der Waals surface area contributed by atoms with Crippen molar-refractivity contribution in [3.05, 3.63) is 6.07 Å². The Balaban J connectivity index is 2.78. The van der Waals surface area contributed by atoms with Crippen molar-refractivity contribution in [3.8, 4) is 11.8 Å². The fourth-order valence-electron chi connectivity index (χ4n) is 0.493. The summed E-state index contributed by atoms with van der Waals surface area (Å²) in [5.41, 5.74) is 0. The Morgan fingerprint density at radius 3 is 2.75 bits per heavy atom. The Labute approximate surface area is 68.3 Å². The van der Waals surface area contributed by atoms with Gasteiger partial charge in [0.25, 0.3) is 5.88 Å². The lowest BCUT2D eigenvalue weighted by atomic mass is 10.7. The molecule has 7 nitrogen and oxygen atoms in total. The third-order valence-corrected chi connectivity index (χ3v) is 1.27. The summed E-state index contributed by atoms with van der Waals surface area (Å²) >= 11 is 0. The normalized spacial score (nSPS) is 11.2. The van der Waals surface area contributed by atoms with Crippen LogP contribution < -0.4 is 14.1 Å². The summed E-state index contributed by atoms with van der Waals surface area (Å²) in [6, 6.07) is 1.14. The summed E-state index contributed by atoms with van der Waals surface area (Å²) in [7, 11) is -2.72. The molecular formula is C4H6N2O5S. The summed E-state index contributed by atoms with van der Waals surface area (Å²) in [4.78, 5) is 0. The molecule has 2 N–H and O–H groups in total. The zero-order chi connectivity index (χ0) is 9.19. The van der Waals surface area contributed by atoms with Crippen LogP contribution in [0.25, 0.3) is 0 Å². The summed E-state index contributed by atoms with van der Waals surface area (Å²) < 4.78 is 33.7. The highest BCUT2D eigenvalue weighted by atomic mass is 32.2. The van der Waals surface area contributed by atoms with E-state index in [-0.39, 0.29) is 11.8 Å². The van der Waals surface area contributed by atoms with Crippen LogP contribution in [0.3, 0.4) is 0 Å². The molecule has 0 aliphatic heterocycles. The van der Waals surface area contributed by atoms with E-state index in [1.54, 1.807) is 0 Å². The molecule has 0 spiro atoms. The molecule has 0 atom stereocenters. The van der Waals surface area contributed by atoms with Gasteiger partial charge in [0.2, 0.25) is 0 Å². The van der Waals surface area contributed by atoms with Crippen molar-refractivity contribution in [2.75, 3.05) is 7.11 Å². The number of hydrogen-bond donors (Lipinski definition) is 1. The first kappa shape index (κ1) is 8.81. The van der Waals surface area contributed by atoms with E-state index in [9.17, 15) is 8.42 Å². The third-order valence-electron chi connectivity index (χ3n) is 0.874. The molecule has 0 amide bonds. The highest BCUT2D eigenvalue weighted by molar-refractivity contribution is 7.84. The van der Waals surface area contributed by atoms with E-state index in [0.29, 0.717) is 0 Å². The molecule has 0 aromatic carbocycles. The van der Waals surface area contributed by atoms with Crippen molar-refractivity contribution < 1.29 is 21.9 Å². The second-order valence-electron chi connectivity index (χ2n) is 1.76. The van der Waals surface area contributed by atoms with Gasteiger partial charge in [-0.3, -0.25) is 0 Å². The number of aromatic nitrogens is 1. The van der Waals surface area contributed by atoms with Crippen LogP contribution in [0.5, 0.6) is 11.8 Å². The molecule has 1 heterocycles. The van der Waals surface area contributed by atoms with Crippen molar-refractivity contribution in [1.82, 2.24) is 5.16 Å². The molecule has 0 saturated heterocycles. The molecule has 0 aliphatic carbocycles. The predicted octanol–water partition coefficient (Wildman–Crippen LogP) is -0.734. The Kier molecular flexibility index (Phi) is 2.20. The summed E-state index contributed by atoms with van der Waals surface area (Å²) in [6.45, 7) is 0. The first-order valence-electron chi connectivity index (χ1n) is 2.74. The van der Waals surface area contributed by atoms with Gasteiger partial charge in [0.15, 0.2) is 0 Å². The highest BCUT2D eigenvalue weighted by Crippen LogP contribution is 2.18. The molecule has 0 saturated carbocycles. The molecule has 0 radical (unpaired) electrons. The number of methoxy groups -OCH3 is 1. The molecular weight excluding hydrogens is 188 g/mol. The lowest BCUT2D eigenvalue weighted by Gasteiger charge is -1.92. The minimum Gasteiger partial charge on any atom is -0.479 e. The van der Waals surface area contributed by atoms with Crippen LogP contribution in [-0.2, 0) is 10.3 Å². The van der Waals surface area contributed by atoms with E-state index in [4.69, 9.17) is 0 Å². The monoisotopic (exact) mass is 194 g/mol. The standard InChI is InChI=1S/C4H6N2O5S/c1-9-3-2-4(10-6-3)11-12(5,7)8/h2H,1H3,(H2,5,7,8). The van der Waals surface area contributed by atoms with Gasteiger partial charge in [0.1, 0.15) is 0 Å². The van der Waals surface area contributed by atoms with Gasteiger partial charge in [0.05, 0.1) is 13.2 Å². The molecule has 0 aliphatic rings. The van der Waals surface area contributed by atoms with Gasteiger partial charge in [0, 0.05) is 0 Å². The highest BCUT2D eigenvalue weighted by Gasteiger charge is 2.10. The Bertz CT molecular complexity index is 355. The number of rotatable bonds is 3. The molecule has 8 heteroatoms. The van der Waals surface area contributed by atoms with Gasteiger partial charge < -0.3 is 13.4 Å². The molecule has 12 heavy (non-hydrogen) atoms. The Morgan fingerprint density at radius 2 is 2.33 bits per heavy atom. The van der Waals surface area contributed by atoms with E-state index >= 15 is 0 Å². The molecule has 68 valence electrons. The third kappa shape index (κ3) is 2.40. The van der Waals surface area contributed by atoms with Crippen LogP contribution in [0, 0.1) is 0 Å². The van der Waals surface area contributed by atoms with Crippen molar-refractivity contribution in [2.24, 2.45) is 5.14 Å². The second-order valence-corrected chi connectivity index (χ2v) is 2.92. The van der Waals surface area contributed by atoms with Gasteiger partial charge in [-0.2, -0.15) is 13.6 Å². The number of hydrogen-bond acceptors (Lipinski definition) is 6. The van der Waals surface area contributed by atoms with E-state index in [0.717, 1.165) is 6.07 Å². The van der Waals surface area contributed by atoms with E-state index in [1.165, 1.54) is 7.11 Å². The van der Waals surface area contributed by atoms with Crippen LogP contribution in [0.4, 0.5) is 0 Å². The van der Waals surface area contributed by atoms with E-state index < -0.39 is 10.3 Å². The molecule has 0 unspecified atom stereocenters. The van der Waals surface area contributed by atoms with E-state index in [2.05, 4.69) is 23.7 Å². The van der Waals surface area contributed by atoms with Gasteiger partial charge >= 0.3 is 16.3 Å². The van der Waals surface area contributed by atoms with Crippen molar-refractivity contribution >= 4 is 10.3 Å². The van der Waals surface area contributed by atoms with Crippen LogP contribution in [0.2, 0.25) is 0 Å². The average Bonchev–Trinajstić information content (AvgIpc) is 2.32. The Hall–Kier alpha value is -1.28.